The normalized spacial score (nSPS) is 12.3. The van der Waals surface area contributed by atoms with Crippen LogP contribution in [0.1, 0.15) is 31.9 Å². The van der Waals surface area contributed by atoms with Crippen molar-refractivity contribution in [1.82, 2.24) is 9.38 Å². The summed E-state index contributed by atoms with van der Waals surface area (Å²) >= 11 is 0. The molecule has 0 aliphatic carbocycles. The summed E-state index contributed by atoms with van der Waals surface area (Å²) in [4.78, 5) is 4.84. The summed E-state index contributed by atoms with van der Waals surface area (Å²) in [5.74, 6) is 0.953. The van der Waals surface area contributed by atoms with Crippen LogP contribution in [0.4, 0.5) is 0 Å². The second kappa shape index (κ2) is 8.55. The maximum absolute atomic E-state index is 4.84. The lowest BCUT2D eigenvalue weighted by Crippen LogP contribution is -2.03. The average molecular weight is 429 g/mol. The molecule has 2 aromatic heterocycles. The Balaban J connectivity index is 1.60. The number of hydrogen-bond acceptors (Lipinski definition) is 1. The summed E-state index contributed by atoms with van der Waals surface area (Å²) in [7, 11) is 0. The molecule has 2 nitrogen and oxygen atoms in total. The Morgan fingerprint density at radius 3 is 1.97 bits per heavy atom. The molecule has 162 valence electrons. The van der Waals surface area contributed by atoms with Gasteiger partial charge in [0.05, 0.1) is 11.7 Å². The molecule has 2 heteroatoms. The fourth-order valence-electron chi connectivity index (χ4n) is 4.27. The van der Waals surface area contributed by atoms with Gasteiger partial charge in [-0.3, -0.25) is 4.40 Å². The molecule has 3 aromatic carbocycles. The Labute approximate surface area is 195 Å². The van der Waals surface area contributed by atoms with Gasteiger partial charge in [0, 0.05) is 17.3 Å². The van der Waals surface area contributed by atoms with Crippen molar-refractivity contribution in [3.63, 3.8) is 0 Å². The number of aromatic nitrogens is 2. The first-order valence-corrected chi connectivity index (χ1v) is 11.4. The zero-order valence-electron chi connectivity index (χ0n) is 19.4. The van der Waals surface area contributed by atoms with Crippen LogP contribution < -0.4 is 0 Å². The summed E-state index contributed by atoms with van der Waals surface area (Å²) in [6.07, 6.45) is 6.46. The topological polar surface area (TPSA) is 17.3 Å². The van der Waals surface area contributed by atoms with Crippen molar-refractivity contribution in [2.24, 2.45) is 5.41 Å². The molecule has 0 radical (unpaired) electrons. The van der Waals surface area contributed by atoms with Gasteiger partial charge >= 0.3 is 0 Å². The van der Waals surface area contributed by atoms with Crippen LogP contribution in [-0.4, -0.2) is 9.38 Å². The average Bonchev–Trinajstić information content (AvgIpc) is 3.28. The summed E-state index contributed by atoms with van der Waals surface area (Å²) in [6.45, 7) is 6.73. The van der Waals surface area contributed by atoms with E-state index in [2.05, 4.69) is 128 Å². The van der Waals surface area contributed by atoms with Gasteiger partial charge in [0.1, 0.15) is 5.82 Å². The molecular weight excluding hydrogens is 400 g/mol. The quantitative estimate of drug-likeness (QED) is 0.282. The van der Waals surface area contributed by atoms with Crippen molar-refractivity contribution >= 4 is 11.1 Å². The molecule has 0 bridgehead atoms. The van der Waals surface area contributed by atoms with Gasteiger partial charge in [-0.2, -0.15) is 0 Å². The maximum Gasteiger partial charge on any atom is 0.144 e. The number of fused-ring (bicyclic) bond motifs is 1. The number of allylic oxidation sites excluding steroid dienone is 1. The van der Waals surface area contributed by atoms with E-state index in [9.17, 15) is 0 Å². The molecule has 2 heterocycles. The lowest BCUT2D eigenvalue weighted by atomic mass is 9.88. The van der Waals surface area contributed by atoms with Crippen molar-refractivity contribution in [3.8, 4) is 22.5 Å². The Kier molecular flexibility index (Phi) is 5.43. The number of rotatable bonds is 4. The van der Waals surface area contributed by atoms with Gasteiger partial charge in [0.15, 0.2) is 0 Å². The van der Waals surface area contributed by atoms with E-state index in [1.54, 1.807) is 0 Å². The highest BCUT2D eigenvalue weighted by atomic mass is 15.0. The van der Waals surface area contributed by atoms with Gasteiger partial charge < -0.3 is 0 Å². The van der Waals surface area contributed by atoms with Gasteiger partial charge in [0.25, 0.3) is 0 Å². The third-order valence-corrected chi connectivity index (χ3v) is 5.77. The third-order valence-electron chi connectivity index (χ3n) is 5.77. The van der Waals surface area contributed by atoms with Crippen LogP contribution in [0.15, 0.2) is 116 Å². The van der Waals surface area contributed by atoms with Crippen molar-refractivity contribution < 1.29 is 0 Å². The molecule has 0 aliphatic rings. The second-order valence-corrected chi connectivity index (χ2v) is 9.49. The van der Waals surface area contributed by atoms with Crippen LogP contribution in [0.2, 0.25) is 0 Å². The van der Waals surface area contributed by atoms with Crippen LogP contribution in [0.3, 0.4) is 0 Å². The first kappa shape index (κ1) is 21.0. The van der Waals surface area contributed by atoms with E-state index >= 15 is 0 Å². The highest BCUT2D eigenvalue weighted by molar-refractivity contribution is 5.88. The number of nitrogens with zero attached hydrogens (tertiary/aromatic N) is 2. The fraction of sp³-hybridized carbons (Fsp3) is 0.129. The Morgan fingerprint density at radius 1 is 0.697 bits per heavy atom. The SMILES string of the molecule is CC(C)(C)/C=C(\c1ccccc1)c1cccn2c(-c3ccc(-c4ccccc4)cc3)ncc12. The van der Waals surface area contributed by atoms with Crippen LogP contribution >= 0.6 is 0 Å². The van der Waals surface area contributed by atoms with E-state index in [1.165, 1.54) is 27.8 Å². The molecule has 0 fully saturated rings. The number of imidazole rings is 1. The van der Waals surface area contributed by atoms with E-state index < -0.39 is 0 Å². The standard InChI is InChI=1S/C31H28N2/c1-31(2,3)21-28(25-13-8-5-9-14-25)27-15-10-20-33-29(27)22-32-30(33)26-18-16-24(17-19-26)23-11-6-4-7-12-23/h4-22H,1-3H3/b28-21+. The zero-order chi connectivity index (χ0) is 22.8. The first-order valence-electron chi connectivity index (χ1n) is 11.4. The molecule has 0 N–H and O–H groups in total. The fourth-order valence-corrected chi connectivity index (χ4v) is 4.27. The van der Waals surface area contributed by atoms with E-state index in [-0.39, 0.29) is 5.41 Å². The largest absolute Gasteiger partial charge is 0.299 e. The molecular formula is C31H28N2. The highest BCUT2D eigenvalue weighted by Crippen LogP contribution is 2.33. The molecule has 0 spiro atoms. The van der Waals surface area contributed by atoms with Gasteiger partial charge in [-0.25, -0.2) is 4.98 Å². The van der Waals surface area contributed by atoms with Crippen molar-refractivity contribution in [3.05, 3.63) is 127 Å². The molecule has 0 saturated carbocycles. The molecule has 5 rings (SSSR count). The summed E-state index contributed by atoms with van der Waals surface area (Å²) < 4.78 is 2.20. The van der Waals surface area contributed by atoms with Crippen molar-refractivity contribution in [2.75, 3.05) is 0 Å². The van der Waals surface area contributed by atoms with Gasteiger partial charge in [0.2, 0.25) is 0 Å². The summed E-state index contributed by atoms with van der Waals surface area (Å²) in [5.41, 5.74) is 8.34. The van der Waals surface area contributed by atoms with Gasteiger partial charge in [-0.05, 0) is 33.7 Å². The zero-order valence-corrected chi connectivity index (χ0v) is 19.4. The molecule has 0 aliphatic heterocycles. The van der Waals surface area contributed by atoms with Crippen molar-refractivity contribution in [1.29, 1.82) is 0 Å². The minimum atomic E-state index is 0.0497. The lowest BCUT2D eigenvalue weighted by Gasteiger charge is -2.18. The smallest absolute Gasteiger partial charge is 0.144 e. The summed E-state index contributed by atoms with van der Waals surface area (Å²) in [5, 5.41) is 0. The maximum atomic E-state index is 4.84. The van der Waals surface area contributed by atoms with Gasteiger partial charge in [-0.1, -0.05) is 118 Å². The molecule has 0 amide bonds. The highest BCUT2D eigenvalue weighted by Gasteiger charge is 2.16. The number of benzene rings is 3. The predicted octanol–water partition coefficient (Wildman–Crippen LogP) is 8.15. The molecule has 0 atom stereocenters. The first-order chi connectivity index (χ1) is 16.0. The van der Waals surface area contributed by atoms with Crippen LogP contribution in [0.25, 0.3) is 33.6 Å². The Morgan fingerprint density at radius 2 is 1.30 bits per heavy atom. The van der Waals surface area contributed by atoms with E-state index in [1.807, 2.05) is 12.3 Å². The third kappa shape index (κ3) is 4.38. The lowest BCUT2D eigenvalue weighted by molar-refractivity contribution is 0.546. The summed E-state index contributed by atoms with van der Waals surface area (Å²) in [6, 6.07) is 34.1. The van der Waals surface area contributed by atoms with Gasteiger partial charge in [-0.15, -0.1) is 0 Å². The number of pyridine rings is 1. The van der Waals surface area contributed by atoms with E-state index in [4.69, 9.17) is 4.98 Å². The van der Waals surface area contributed by atoms with E-state index in [0.717, 1.165) is 16.9 Å². The van der Waals surface area contributed by atoms with Crippen LogP contribution in [-0.2, 0) is 0 Å². The van der Waals surface area contributed by atoms with Crippen LogP contribution in [0, 0.1) is 5.41 Å². The van der Waals surface area contributed by atoms with Crippen molar-refractivity contribution in [2.45, 2.75) is 20.8 Å². The Bertz CT molecular complexity index is 1400. The molecule has 0 saturated heterocycles. The van der Waals surface area contributed by atoms with E-state index in [0.29, 0.717) is 0 Å². The number of hydrogen-bond donors (Lipinski definition) is 0. The minimum absolute atomic E-state index is 0.0497. The molecule has 5 aromatic rings. The molecule has 33 heavy (non-hydrogen) atoms. The monoisotopic (exact) mass is 428 g/mol. The minimum Gasteiger partial charge on any atom is -0.299 e. The Hall–Kier alpha value is -3.91. The predicted molar refractivity (Wildman–Crippen MR) is 139 cm³/mol. The van der Waals surface area contributed by atoms with Crippen LogP contribution in [0.5, 0.6) is 0 Å². The molecule has 0 unspecified atom stereocenters. The second-order valence-electron chi connectivity index (χ2n) is 9.49.